The molecule has 1 aliphatic rings. The molecule has 1 aliphatic heterocycles. The van der Waals surface area contributed by atoms with Crippen LogP contribution in [0, 0.1) is 0 Å². The minimum atomic E-state index is 0.0628. The van der Waals surface area contributed by atoms with Gasteiger partial charge in [0.2, 0.25) is 0 Å². The van der Waals surface area contributed by atoms with Gasteiger partial charge in [-0.2, -0.15) is 0 Å². The van der Waals surface area contributed by atoms with Gasteiger partial charge in [0.1, 0.15) is 5.65 Å². The van der Waals surface area contributed by atoms with Crippen LogP contribution in [0.15, 0.2) is 60.8 Å². The Labute approximate surface area is 178 Å². The van der Waals surface area contributed by atoms with E-state index in [0.29, 0.717) is 0 Å². The number of ether oxygens (including phenoxy) is 1. The standard InChI is InChI=1S/C26H31N3O/c1-26(2,3)21-19-29-23-12-8-7-11-22(23)28(14-13-27-15-17-30-18-16-27)25(29)24(21)20-9-5-4-6-10-20/h4-12,19H,13-18H2,1-3H3. The van der Waals surface area contributed by atoms with Crippen molar-refractivity contribution in [1.29, 1.82) is 0 Å². The maximum Gasteiger partial charge on any atom is 0.126 e. The summed E-state index contributed by atoms with van der Waals surface area (Å²) in [6, 6.07) is 19.7. The molecule has 4 aromatic rings. The third-order valence-electron chi connectivity index (χ3n) is 6.28. The average Bonchev–Trinajstić information content (AvgIpc) is 3.29. The quantitative estimate of drug-likeness (QED) is 0.469. The Bertz CT molecular complexity index is 1160. The Morgan fingerprint density at radius 2 is 1.50 bits per heavy atom. The lowest BCUT2D eigenvalue weighted by Gasteiger charge is -2.27. The molecule has 1 fully saturated rings. The van der Waals surface area contributed by atoms with Gasteiger partial charge in [0.15, 0.2) is 0 Å². The lowest BCUT2D eigenvalue weighted by atomic mass is 9.84. The van der Waals surface area contributed by atoms with Gasteiger partial charge in [0.05, 0.1) is 24.2 Å². The molecule has 1 saturated heterocycles. The van der Waals surface area contributed by atoms with Crippen LogP contribution < -0.4 is 0 Å². The van der Waals surface area contributed by atoms with Gasteiger partial charge in [-0.25, -0.2) is 0 Å². The summed E-state index contributed by atoms with van der Waals surface area (Å²) in [4.78, 5) is 2.52. The molecule has 156 valence electrons. The lowest BCUT2D eigenvalue weighted by molar-refractivity contribution is 0.0366. The van der Waals surface area contributed by atoms with Crippen LogP contribution in [0.5, 0.6) is 0 Å². The van der Waals surface area contributed by atoms with Gasteiger partial charge in [-0.15, -0.1) is 0 Å². The number of nitrogens with zero attached hydrogens (tertiary/aromatic N) is 3. The third-order valence-corrected chi connectivity index (χ3v) is 6.28. The van der Waals surface area contributed by atoms with Crippen molar-refractivity contribution in [2.75, 3.05) is 32.8 Å². The van der Waals surface area contributed by atoms with E-state index in [4.69, 9.17) is 4.74 Å². The first-order chi connectivity index (χ1) is 14.5. The predicted octanol–water partition coefficient (Wildman–Crippen LogP) is 5.19. The second-order valence-corrected chi connectivity index (χ2v) is 9.32. The second-order valence-electron chi connectivity index (χ2n) is 9.32. The van der Waals surface area contributed by atoms with Crippen LogP contribution >= 0.6 is 0 Å². The molecule has 4 nitrogen and oxygen atoms in total. The van der Waals surface area contributed by atoms with E-state index >= 15 is 0 Å². The lowest BCUT2D eigenvalue weighted by Crippen LogP contribution is -2.38. The van der Waals surface area contributed by atoms with Crippen molar-refractivity contribution in [3.63, 3.8) is 0 Å². The highest BCUT2D eigenvalue weighted by atomic mass is 16.5. The van der Waals surface area contributed by atoms with E-state index in [0.717, 1.165) is 39.4 Å². The molecular formula is C26H31N3O. The number of hydrogen-bond acceptors (Lipinski definition) is 2. The largest absolute Gasteiger partial charge is 0.379 e. The van der Waals surface area contributed by atoms with Gasteiger partial charge >= 0.3 is 0 Å². The predicted molar refractivity (Wildman–Crippen MR) is 124 cm³/mol. The smallest absolute Gasteiger partial charge is 0.126 e. The van der Waals surface area contributed by atoms with Gasteiger partial charge in [0, 0.05) is 37.9 Å². The molecule has 4 heteroatoms. The van der Waals surface area contributed by atoms with Gasteiger partial charge in [-0.05, 0) is 28.7 Å². The number of morpholine rings is 1. The Morgan fingerprint density at radius 1 is 0.833 bits per heavy atom. The fourth-order valence-electron chi connectivity index (χ4n) is 4.71. The van der Waals surface area contributed by atoms with Crippen LogP contribution in [0.4, 0.5) is 0 Å². The van der Waals surface area contributed by atoms with Crippen molar-refractivity contribution in [3.05, 3.63) is 66.4 Å². The van der Waals surface area contributed by atoms with Crippen molar-refractivity contribution >= 4 is 16.7 Å². The first kappa shape index (κ1) is 19.4. The van der Waals surface area contributed by atoms with Crippen LogP contribution in [0.1, 0.15) is 26.3 Å². The monoisotopic (exact) mass is 401 g/mol. The maximum absolute atomic E-state index is 5.54. The van der Waals surface area contributed by atoms with E-state index < -0.39 is 0 Å². The third kappa shape index (κ3) is 3.34. The van der Waals surface area contributed by atoms with Gasteiger partial charge in [0.25, 0.3) is 0 Å². The highest BCUT2D eigenvalue weighted by molar-refractivity contribution is 5.92. The first-order valence-electron chi connectivity index (χ1n) is 11.0. The van der Waals surface area contributed by atoms with E-state index in [-0.39, 0.29) is 5.41 Å². The highest BCUT2D eigenvalue weighted by Gasteiger charge is 2.26. The Hall–Kier alpha value is -2.56. The van der Waals surface area contributed by atoms with Crippen molar-refractivity contribution in [2.45, 2.75) is 32.7 Å². The summed E-state index contributed by atoms with van der Waals surface area (Å²) in [7, 11) is 0. The average molecular weight is 402 g/mol. The molecule has 0 radical (unpaired) electrons. The second kappa shape index (κ2) is 7.60. The van der Waals surface area contributed by atoms with Gasteiger partial charge in [-0.1, -0.05) is 63.2 Å². The Kier molecular flexibility index (Phi) is 4.92. The molecule has 0 N–H and O–H groups in total. The number of benzene rings is 2. The van der Waals surface area contributed by atoms with Crippen molar-refractivity contribution in [2.24, 2.45) is 0 Å². The number of imidazole rings is 1. The van der Waals surface area contributed by atoms with Gasteiger partial charge in [-0.3, -0.25) is 4.90 Å². The number of rotatable bonds is 4. The van der Waals surface area contributed by atoms with Crippen molar-refractivity contribution in [3.8, 4) is 11.1 Å². The molecule has 2 aromatic heterocycles. The number of para-hydroxylation sites is 2. The van der Waals surface area contributed by atoms with E-state index in [1.165, 1.54) is 33.4 Å². The first-order valence-corrected chi connectivity index (χ1v) is 11.0. The number of aromatic nitrogens is 2. The Morgan fingerprint density at radius 3 is 2.20 bits per heavy atom. The zero-order valence-corrected chi connectivity index (χ0v) is 18.3. The SMILES string of the molecule is CC(C)(C)c1cn2c3ccccc3n(CCN3CCOCC3)c2c1-c1ccccc1. The molecule has 5 rings (SSSR count). The summed E-state index contributed by atoms with van der Waals surface area (Å²) in [5, 5.41) is 0. The summed E-state index contributed by atoms with van der Waals surface area (Å²) < 4.78 is 10.5. The molecule has 0 aliphatic carbocycles. The van der Waals surface area contributed by atoms with Crippen molar-refractivity contribution < 1.29 is 4.74 Å². The molecule has 0 saturated carbocycles. The molecule has 0 atom stereocenters. The maximum atomic E-state index is 5.54. The van der Waals surface area contributed by atoms with Gasteiger partial charge < -0.3 is 13.7 Å². The molecule has 3 heterocycles. The van der Waals surface area contributed by atoms with E-state index in [1.54, 1.807) is 0 Å². The highest BCUT2D eigenvalue weighted by Crippen LogP contribution is 2.40. The fourth-order valence-corrected chi connectivity index (χ4v) is 4.71. The Balaban J connectivity index is 1.73. The summed E-state index contributed by atoms with van der Waals surface area (Å²) in [5.74, 6) is 0. The minimum absolute atomic E-state index is 0.0628. The summed E-state index contributed by atoms with van der Waals surface area (Å²) in [6.07, 6.45) is 2.37. The zero-order chi connectivity index (χ0) is 20.7. The number of hydrogen-bond donors (Lipinski definition) is 0. The summed E-state index contributed by atoms with van der Waals surface area (Å²) in [5.41, 5.74) is 8.00. The molecule has 0 unspecified atom stereocenters. The fraction of sp³-hybridized carbons (Fsp3) is 0.385. The van der Waals surface area contributed by atoms with E-state index in [9.17, 15) is 0 Å². The molecule has 2 aromatic carbocycles. The van der Waals surface area contributed by atoms with Crippen LogP contribution in [0.25, 0.3) is 27.8 Å². The summed E-state index contributed by atoms with van der Waals surface area (Å²) >= 11 is 0. The molecular weight excluding hydrogens is 370 g/mol. The van der Waals surface area contributed by atoms with Crippen LogP contribution in [0.3, 0.4) is 0 Å². The van der Waals surface area contributed by atoms with Crippen molar-refractivity contribution in [1.82, 2.24) is 13.9 Å². The molecule has 0 amide bonds. The molecule has 0 bridgehead atoms. The summed E-state index contributed by atoms with van der Waals surface area (Å²) in [6.45, 7) is 12.7. The topological polar surface area (TPSA) is 21.8 Å². The van der Waals surface area contributed by atoms with E-state index in [1.807, 2.05) is 0 Å². The normalized spacial score (nSPS) is 16.0. The van der Waals surface area contributed by atoms with Crippen LogP contribution in [0.2, 0.25) is 0 Å². The zero-order valence-electron chi connectivity index (χ0n) is 18.3. The molecule has 0 spiro atoms. The van der Waals surface area contributed by atoms with Crippen LogP contribution in [-0.2, 0) is 16.7 Å². The van der Waals surface area contributed by atoms with Crippen LogP contribution in [-0.4, -0.2) is 46.7 Å². The minimum Gasteiger partial charge on any atom is -0.379 e. The molecule has 30 heavy (non-hydrogen) atoms. The van der Waals surface area contributed by atoms with E-state index in [2.05, 4.69) is 95.4 Å². The number of fused-ring (bicyclic) bond motifs is 3.